The van der Waals surface area contributed by atoms with Gasteiger partial charge in [-0.05, 0) is 26.3 Å². The van der Waals surface area contributed by atoms with Gasteiger partial charge in [0.05, 0.1) is 12.1 Å². The number of hydrogen-bond donors (Lipinski definition) is 2. The van der Waals surface area contributed by atoms with Gasteiger partial charge in [0.1, 0.15) is 6.33 Å². The van der Waals surface area contributed by atoms with Crippen LogP contribution in [0.15, 0.2) is 12.5 Å². The van der Waals surface area contributed by atoms with E-state index in [0.717, 1.165) is 30.6 Å². The number of hydrogen-bond acceptors (Lipinski definition) is 4. The number of aryl methyl sites for hydroxylation is 1. The fraction of sp³-hybridized carbons (Fsp3) is 0.600. The highest BCUT2D eigenvalue weighted by atomic mass is 16.3. The summed E-state index contributed by atoms with van der Waals surface area (Å²) in [5.74, 6) is 0. The largest absolute Gasteiger partial charge is 0.391 e. The van der Waals surface area contributed by atoms with E-state index in [1.807, 2.05) is 6.92 Å². The molecule has 0 amide bonds. The summed E-state index contributed by atoms with van der Waals surface area (Å²) in [6.45, 7) is 2.90. The first-order chi connectivity index (χ1) is 6.79. The van der Waals surface area contributed by atoms with E-state index >= 15 is 0 Å². The third kappa shape index (κ3) is 1.76. The molecule has 4 heteroatoms. The minimum Gasteiger partial charge on any atom is -0.391 e. The summed E-state index contributed by atoms with van der Waals surface area (Å²) in [5, 5.41) is 13.1. The smallest absolute Gasteiger partial charge is 0.115 e. The number of aliphatic hydroxyl groups is 1. The van der Waals surface area contributed by atoms with Crippen molar-refractivity contribution in [2.75, 3.05) is 6.54 Å². The quantitative estimate of drug-likeness (QED) is 0.684. The zero-order valence-corrected chi connectivity index (χ0v) is 8.27. The molecule has 1 fully saturated rings. The second-order valence-corrected chi connectivity index (χ2v) is 3.70. The number of nitrogens with zero attached hydrogens (tertiary/aromatic N) is 2. The Morgan fingerprint density at radius 1 is 1.57 bits per heavy atom. The van der Waals surface area contributed by atoms with Crippen molar-refractivity contribution in [2.45, 2.75) is 31.9 Å². The van der Waals surface area contributed by atoms with Gasteiger partial charge in [-0.3, -0.25) is 0 Å². The molecule has 1 aromatic heterocycles. The molecule has 4 nitrogen and oxygen atoms in total. The molecule has 2 heterocycles. The molecular formula is C10H15N3O. The van der Waals surface area contributed by atoms with Crippen molar-refractivity contribution in [3.05, 3.63) is 23.8 Å². The molecule has 76 valence electrons. The lowest BCUT2D eigenvalue weighted by molar-refractivity contribution is 0.0959. The van der Waals surface area contributed by atoms with Crippen molar-refractivity contribution in [3.8, 4) is 0 Å². The van der Waals surface area contributed by atoms with E-state index in [2.05, 4.69) is 15.3 Å². The Balaban J connectivity index is 2.25. The summed E-state index contributed by atoms with van der Waals surface area (Å²) in [6, 6.07) is 0.00458. The Morgan fingerprint density at radius 3 is 3.14 bits per heavy atom. The van der Waals surface area contributed by atoms with Gasteiger partial charge in [0.15, 0.2) is 0 Å². The van der Waals surface area contributed by atoms with Crippen LogP contribution in [0.3, 0.4) is 0 Å². The third-order valence-electron chi connectivity index (χ3n) is 2.71. The highest BCUT2D eigenvalue weighted by molar-refractivity contribution is 5.20. The van der Waals surface area contributed by atoms with Gasteiger partial charge in [-0.1, -0.05) is 0 Å². The van der Waals surface area contributed by atoms with E-state index in [4.69, 9.17) is 0 Å². The molecule has 1 aliphatic heterocycles. The van der Waals surface area contributed by atoms with Crippen LogP contribution in [0.25, 0.3) is 0 Å². The molecular weight excluding hydrogens is 178 g/mol. The SMILES string of the molecule is Cc1ncncc1C1NCCCC1O. The van der Waals surface area contributed by atoms with Gasteiger partial charge in [0.2, 0.25) is 0 Å². The van der Waals surface area contributed by atoms with Gasteiger partial charge in [-0.2, -0.15) is 0 Å². The molecule has 2 N–H and O–H groups in total. The first-order valence-corrected chi connectivity index (χ1v) is 4.97. The number of nitrogens with one attached hydrogen (secondary N) is 1. The minimum absolute atomic E-state index is 0.00458. The molecule has 0 bridgehead atoms. The van der Waals surface area contributed by atoms with Crippen LogP contribution in [-0.2, 0) is 0 Å². The van der Waals surface area contributed by atoms with E-state index in [0.29, 0.717) is 0 Å². The Hall–Kier alpha value is -1.00. The van der Waals surface area contributed by atoms with Gasteiger partial charge in [-0.25, -0.2) is 9.97 Å². The standard InChI is InChI=1S/C10H15N3O/c1-7-8(5-11-6-13-7)10-9(14)3-2-4-12-10/h5-6,9-10,12,14H,2-4H2,1H3. The van der Waals surface area contributed by atoms with Crippen molar-refractivity contribution in [2.24, 2.45) is 0 Å². The van der Waals surface area contributed by atoms with Crippen LogP contribution in [0.2, 0.25) is 0 Å². The molecule has 2 atom stereocenters. The number of rotatable bonds is 1. The van der Waals surface area contributed by atoms with Gasteiger partial charge < -0.3 is 10.4 Å². The van der Waals surface area contributed by atoms with Crippen LogP contribution in [0.4, 0.5) is 0 Å². The summed E-state index contributed by atoms with van der Waals surface area (Å²) >= 11 is 0. The first-order valence-electron chi connectivity index (χ1n) is 4.97. The summed E-state index contributed by atoms with van der Waals surface area (Å²) in [6.07, 6.45) is 4.90. The lowest BCUT2D eigenvalue weighted by Gasteiger charge is -2.29. The van der Waals surface area contributed by atoms with Crippen LogP contribution in [0, 0.1) is 6.92 Å². The summed E-state index contributed by atoms with van der Waals surface area (Å²) in [7, 11) is 0. The molecule has 0 saturated carbocycles. The maximum absolute atomic E-state index is 9.83. The highest BCUT2D eigenvalue weighted by Crippen LogP contribution is 2.24. The van der Waals surface area contributed by atoms with Crippen LogP contribution in [0.5, 0.6) is 0 Å². The summed E-state index contributed by atoms with van der Waals surface area (Å²) in [4.78, 5) is 8.12. The third-order valence-corrected chi connectivity index (χ3v) is 2.71. The van der Waals surface area contributed by atoms with Crippen molar-refractivity contribution < 1.29 is 5.11 Å². The minimum atomic E-state index is -0.312. The van der Waals surface area contributed by atoms with Gasteiger partial charge >= 0.3 is 0 Å². The zero-order chi connectivity index (χ0) is 9.97. The number of aliphatic hydroxyl groups excluding tert-OH is 1. The topological polar surface area (TPSA) is 58.0 Å². The van der Waals surface area contributed by atoms with Crippen LogP contribution in [0.1, 0.15) is 30.1 Å². The zero-order valence-electron chi connectivity index (χ0n) is 8.27. The summed E-state index contributed by atoms with van der Waals surface area (Å²) < 4.78 is 0. The van der Waals surface area contributed by atoms with E-state index < -0.39 is 0 Å². The van der Waals surface area contributed by atoms with Gasteiger partial charge in [0.25, 0.3) is 0 Å². The van der Waals surface area contributed by atoms with E-state index in [1.54, 1.807) is 6.20 Å². The van der Waals surface area contributed by atoms with E-state index in [-0.39, 0.29) is 12.1 Å². The average molecular weight is 193 g/mol. The van der Waals surface area contributed by atoms with Gasteiger partial charge in [0, 0.05) is 17.5 Å². The Labute approximate surface area is 83.4 Å². The van der Waals surface area contributed by atoms with Crippen LogP contribution < -0.4 is 5.32 Å². The predicted octanol–water partition coefficient (Wildman–Crippen LogP) is 0.570. The maximum Gasteiger partial charge on any atom is 0.115 e. The van der Waals surface area contributed by atoms with Crippen LogP contribution in [-0.4, -0.2) is 27.7 Å². The fourth-order valence-corrected chi connectivity index (χ4v) is 1.90. The molecule has 1 aliphatic rings. The average Bonchev–Trinajstić information content (AvgIpc) is 2.20. The summed E-state index contributed by atoms with van der Waals surface area (Å²) in [5.41, 5.74) is 1.96. The lowest BCUT2D eigenvalue weighted by atomic mass is 9.95. The Bertz CT molecular complexity index is 316. The van der Waals surface area contributed by atoms with Gasteiger partial charge in [-0.15, -0.1) is 0 Å². The number of aromatic nitrogens is 2. The van der Waals surface area contributed by atoms with E-state index in [1.165, 1.54) is 6.33 Å². The van der Waals surface area contributed by atoms with Crippen molar-refractivity contribution in [3.63, 3.8) is 0 Å². The van der Waals surface area contributed by atoms with Crippen LogP contribution >= 0.6 is 0 Å². The molecule has 0 spiro atoms. The Kier molecular flexibility index (Phi) is 2.74. The normalized spacial score (nSPS) is 27.6. The van der Waals surface area contributed by atoms with Crippen molar-refractivity contribution in [1.82, 2.24) is 15.3 Å². The first kappa shape index (κ1) is 9.55. The molecule has 1 aromatic rings. The molecule has 0 aliphatic carbocycles. The number of piperidine rings is 1. The van der Waals surface area contributed by atoms with E-state index in [9.17, 15) is 5.11 Å². The lowest BCUT2D eigenvalue weighted by Crippen LogP contribution is -2.38. The highest BCUT2D eigenvalue weighted by Gasteiger charge is 2.25. The molecule has 2 unspecified atom stereocenters. The molecule has 0 radical (unpaired) electrons. The second kappa shape index (κ2) is 4.02. The molecule has 1 saturated heterocycles. The second-order valence-electron chi connectivity index (χ2n) is 3.70. The Morgan fingerprint density at radius 2 is 2.43 bits per heavy atom. The monoisotopic (exact) mass is 193 g/mol. The maximum atomic E-state index is 9.83. The van der Waals surface area contributed by atoms with Crippen molar-refractivity contribution >= 4 is 0 Å². The molecule has 0 aromatic carbocycles. The molecule has 2 rings (SSSR count). The fourth-order valence-electron chi connectivity index (χ4n) is 1.90. The van der Waals surface area contributed by atoms with Crippen molar-refractivity contribution in [1.29, 1.82) is 0 Å². The molecule has 14 heavy (non-hydrogen) atoms. The predicted molar refractivity (Wildman–Crippen MR) is 52.8 cm³/mol.